The summed E-state index contributed by atoms with van der Waals surface area (Å²) in [5.41, 5.74) is -1.80. The van der Waals surface area contributed by atoms with Crippen LogP contribution in [0.1, 0.15) is 120 Å². The first-order valence-corrected chi connectivity index (χ1v) is 20.7. The summed E-state index contributed by atoms with van der Waals surface area (Å²) in [4.78, 5) is 13.7. The van der Waals surface area contributed by atoms with Crippen molar-refractivity contribution in [2.45, 2.75) is 162 Å². The summed E-state index contributed by atoms with van der Waals surface area (Å²) in [6, 6.07) is 0. The number of hydrogen-bond acceptors (Lipinski definition) is 6. The molecule has 1 saturated heterocycles. The van der Waals surface area contributed by atoms with Crippen LogP contribution in [0.5, 0.6) is 0 Å². The van der Waals surface area contributed by atoms with Gasteiger partial charge in [0.05, 0.1) is 30.8 Å². The molecule has 2 unspecified atom stereocenters. The molecule has 0 aromatic carbocycles. The Kier molecular flexibility index (Phi) is 7.27. The molecule has 7 heteroatoms. The zero-order valence-corrected chi connectivity index (χ0v) is 31.1. The summed E-state index contributed by atoms with van der Waals surface area (Å²) in [6.07, 6.45) is 6.91. The largest absolute Gasteiger partial charge is 0.469 e. The van der Waals surface area contributed by atoms with Gasteiger partial charge in [-0.15, -0.1) is 0 Å². The third kappa shape index (κ3) is 3.94. The molecule has 252 valence electrons. The van der Waals surface area contributed by atoms with Crippen LogP contribution >= 0.6 is 0 Å². The zero-order valence-electron chi connectivity index (χ0n) is 30.1. The van der Waals surface area contributed by atoms with Crippen LogP contribution in [0.25, 0.3) is 0 Å². The fourth-order valence-electron chi connectivity index (χ4n) is 12.6. The van der Waals surface area contributed by atoms with Crippen LogP contribution in [0.4, 0.5) is 0 Å². The van der Waals surface area contributed by atoms with E-state index in [9.17, 15) is 15.0 Å². The number of aliphatic hydroxyl groups is 2. The Morgan fingerprint density at radius 3 is 2.16 bits per heavy atom. The van der Waals surface area contributed by atoms with E-state index in [1.165, 1.54) is 7.11 Å². The maximum Gasteiger partial charge on any atom is 0.314 e. The molecule has 5 aliphatic carbocycles. The fraction of sp³-hybridized carbons (Fsp3) is 0.973. The maximum absolute atomic E-state index is 13.7. The average Bonchev–Trinajstić information content (AvgIpc) is 3.65. The van der Waals surface area contributed by atoms with Gasteiger partial charge in [0.1, 0.15) is 5.60 Å². The number of carbonyl (C=O) groups excluding carboxylic acids is 1. The Hall–Kier alpha value is -0.473. The lowest BCUT2D eigenvalue weighted by Crippen LogP contribution is -2.74. The van der Waals surface area contributed by atoms with E-state index in [2.05, 4.69) is 75.4 Å². The molecule has 2 N–H and O–H groups in total. The quantitative estimate of drug-likeness (QED) is 0.190. The molecule has 1 spiro atoms. The van der Waals surface area contributed by atoms with Crippen LogP contribution in [0.15, 0.2) is 0 Å². The van der Waals surface area contributed by atoms with Crippen LogP contribution in [-0.2, 0) is 18.7 Å². The smallest absolute Gasteiger partial charge is 0.314 e. The highest BCUT2D eigenvalue weighted by molar-refractivity contribution is 6.74. The molecule has 6 aliphatic rings. The van der Waals surface area contributed by atoms with Crippen molar-refractivity contribution in [2.75, 3.05) is 13.7 Å². The number of esters is 1. The summed E-state index contributed by atoms with van der Waals surface area (Å²) < 4.78 is 19.5. The molecule has 1 aliphatic heterocycles. The van der Waals surface area contributed by atoms with Gasteiger partial charge in [0.2, 0.25) is 0 Å². The second-order valence-corrected chi connectivity index (χ2v) is 24.6. The third-order valence-corrected chi connectivity index (χ3v) is 21.1. The Bertz CT molecular complexity index is 1190. The van der Waals surface area contributed by atoms with Gasteiger partial charge in [-0.3, -0.25) is 4.79 Å². The number of rotatable bonds is 4. The molecule has 1 heterocycles. The number of aliphatic hydroxyl groups excluding tert-OH is 2. The summed E-state index contributed by atoms with van der Waals surface area (Å²) in [6.45, 7) is 26.6. The summed E-state index contributed by atoms with van der Waals surface area (Å²) >= 11 is 0. The minimum absolute atomic E-state index is 0.0343. The van der Waals surface area contributed by atoms with E-state index in [0.29, 0.717) is 31.3 Å². The normalized spacial score (nSPS) is 52.9. The first-order chi connectivity index (χ1) is 20.0. The number of methoxy groups -OCH3 is 1. The van der Waals surface area contributed by atoms with Gasteiger partial charge in [0.25, 0.3) is 0 Å². The molecule has 0 aromatic heterocycles. The van der Waals surface area contributed by atoms with Gasteiger partial charge in [0.15, 0.2) is 8.32 Å². The van der Waals surface area contributed by atoms with Gasteiger partial charge in [-0.25, -0.2) is 0 Å². The molecule has 0 bridgehead atoms. The Morgan fingerprint density at radius 2 is 1.55 bits per heavy atom. The monoisotopic (exact) mass is 632 g/mol. The van der Waals surface area contributed by atoms with E-state index < -0.39 is 25.4 Å². The van der Waals surface area contributed by atoms with Gasteiger partial charge in [0, 0.05) is 23.4 Å². The van der Waals surface area contributed by atoms with E-state index in [1.54, 1.807) is 0 Å². The van der Waals surface area contributed by atoms with Gasteiger partial charge in [-0.05, 0) is 104 Å². The predicted octanol–water partition coefficient (Wildman–Crippen LogP) is 7.51. The SMILES string of the molecule is COC(=O)[C@]12CCC(C)(C)C[C@H]1C13OC1C[C@@H]1[C@@]4(C)CC[C@H](O)[C@@](C)(CO[Si](C)(C)C(C)(C)C)[C@@H]4CC[C@@]1(C)[C@]3(C)C[C@H]2O. The molecule has 6 nitrogen and oxygen atoms in total. The molecule has 0 aromatic rings. The molecular formula is C37H64O6Si. The molecule has 0 radical (unpaired) electrons. The van der Waals surface area contributed by atoms with Gasteiger partial charge in [-0.1, -0.05) is 62.3 Å². The van der Waals surface area contributed by atoms with Crippen molar-refractivity contribution in [3.63, 3.8) is 0 Å². The zero-order chi connectivity index (χ0) is 32.7. The van der Waals surface area contributed by atoms with Crippen molar-refractivity contribution < 1.29 is 28.9 Å². The highest BCUT2D eigenvalue weighted by atomic mass is 28.4. The maximum atomic E-state index is 13.7. The highest BCUT2D eigenvalue weighted by Gasteiger charge is 2.87. The summed E-state index contributed by atoms with van der Waals surface area (Å²) in [5.74, 6) is 0.476. The minimum Gasteiger partial charge on any atom is -0.469 e. The van der Waals surface area contributed by atoms with Crippen molar-refractivity contribution in [3.05, 3.63) is 0 Å². The number of fused-ring (bicyclic) bond motifs is 5. The molecule has 6 fully saturated rings. The van der Waals surface area contributed by atoms with Gasteiger partial charge >= 0.3 is 5.97 Å². The predicted molar refractivity (Wildman–Crippen MR) is 175 cm³/mol. The topological polar surface area (TPSA) is 88.5 Å². The van der Waals surface area contributed by atoms with Crippen molar-refractivity contribution in [1.29, 1.82) is 0 Å². The van der Waals surface area contributed by atoms with Crippen LogP contribution in [0.2, 0.25) is 18.1 Å². The van der Waals surface area contributed by atoms with Gasteiger partial charge < -0.3 is 24.1 Å². The highest BCUT2D eigenvalue weighted by Crippen LogP contribution is 2.83. The minimum atomic E-state index is -1.99. The fourth-order valence-corrected chi connectivity index (χ4v) is 13.7. The number of carbonyl (C=O) groups is 1. The van der Waals surface area contributed by atoms with Gasteiger partial charge in [-0.2, -0.15) is 0 Å². The second-order valence-electron chi connectivity index (χ2n) is 19.8. The van der Waals surface area contributed by atoms with Crippen molar-refractivity contribution >= 4 is 14.3 Å². The van der Waals surface area contributed by atoms with Crippen LogP contribution in [0.3, 0.4) is 0 Å². The first kappa shape index (κ1) is 33.4. The van der Waals surface area contributed by atoms with Crippen LogP contribution in [-0.4, -0.2) is 62.1 Å². The van der Waals surface area contributed by atoms with Crippen LogP contribution < -0.4 is 0 Å². The summed E-state index contributed by atoms with van der Waals surface area (Å²) in [7, 11) is -0.502. The molecule has 12 atom stereocenters. The lowest BCUT2D eigenvalue weighted by molar-refractivity contribution is -0.268. The Labute approximate surface area is 268 Å². The molecule has 0 amide bonds. The van der Waals surface area contributed by atoms with Crippen molar-refractivity contribution in [1.82, 2.24) is 0 Å². The lowest BCUT2D eigenvalue weighted by Gasteiger charge is -2.72. The van der Waals surface area contributed by atoms with Crippen LogP contribution in [0, 0.1) is 50.2 Å². The number of epoxide rings is 1. The third-order valence-electron chi connectivity index (χ3n) is 16.6. The van der Waals surface area contributed by atoms with E-state index in [4.69, 9.17) is 13.9 Å². The number of hydrogen-bond donors (Lipinski definition) is 2. The molecule has 5 saturated carbocycles. The number of ether oxygens (including phenoxy) is 2. The van der Waals surface area contributed by atoms with Crippen molar-refractivity contribution in [2.24, 2.45) is 50.2 Å². The first-order valence-electron chi connectivity index (χ1n) is 17.8. The van der Waals surface area contributed by atoms with Crippen molar-refractivity contribution in [3.8, 4) is 0 Å². The molecule has 44 heavy (non-hydrogen) atoms. The summed E-state index contributed by atoms with van der Waals surface area (Å²) in [5, 5.41) is 24.0. The second kappa shape index (κ2) is 9.57. The average molecular weight is 633 g/mol. The standard InChI is InChI=1S/C37H64O6Si/c1-30(2,3)44(11,12)42-22-33(7)23-13-16-34(8)24(32(23,6)15-14-26(33)38)19-28-37(43-28)25-20-31(4,5)17-18-36(25,29(40)41-10)27(39)21-35(34,37)9/h23-28,38-39H,13-22H2,1-12H3/t23-,24-,25-,26+,27-,28?,32+,33+,34-,35+,36-,37?/m1/s1. The van der Waals surface area contributed by atoms with E-state index in [-0.39, 0.29) is 56.2 Å². The molecule has 6 rings (SSSR count). The molecular weight excluding hydrogens is 568 g/mol. The Morgan fingerprint density at radius 1 is 0.886 bits per heavy atom. The lowest BCUT2D eigenvalue weighted by atomic mass is 9.31. The Balaban J connectivity index is 1.39. The van der Waals surface area contributed by atoms with E-state index >= 15 is 0 Å². The van der Waals surface area contributed by atoms with E-state index in [1.807, 2.05) is 0 Å². The van der Waals surface area contributed by atoms with E-state index in [0.717, 1.165) is 44.9 Å².